The fraction of sp³-hybridized carbons (Fsp3) is 0.0741. The van der Waals surface area contributed by atoms with Crippen LogP contribution < -0.4 is 5.73 Å². The van der Waals surface area contributed by atoms with E-state index in [2.05, 4.69) is 0 Å². The molecule has 0 saturated heterocycles. The number of aryl methyl sites for hydroxylation is 1. The Morgan fingerprint density at radius 3 is 2.13 bits per heavy atom. The fourth-order valence-electron chi connectivity index (χ4n) is 3.72. The van der Waals surface area contributed by atoms with Crippen LogP contribution in [0.25, 0.3) is 0 Å². The van der Waals surface area contributed by atoms with Crippen LogP contribution in [-0.4, -0.2) is 5.97 Å². The fourth-order valence-corrected chi connectivity index (χ4v) is 3.99. The Hall–Kier alpha value is -3.56. The van der Waals surface area contributed by atoms with Crippen LogP contribution in [0.3, 0.4) is 0 Å². The van der Waals surface area contributed by atoms with Crippen molar-refractivity contribution in [2.24, 2.45) is 0 Å². The summed E-state index contributed by atoms with van der Waals surface area (Å²) in [6.07, 6.45) is 0. The summed E-state index contributed by atoms with van der Waals surface area (Å²) in [5.74, 6) is -0.489. The Kier molecular flexibility index (Phi) is 5.79. The first-order valence-electron chi connectivity index (χ1n) is 9.97. The van der Waals surface area contributed by atoms with Gasteiger partial charge in [0, 0.05) is 27.4 Å². The van der Waals surface area contributed by atoms with Gasteiger partial charge in [0.15, 0.2) is 5.60 Å². The molecule has 0 aliphatic heterocycles. The van der Waals surface area contributed by atoms with Gasteiger partial charge in [-0.25, -0.2) is 4.79 Å². The standard InChI is InChI=1S/C27H22ClNO2/c1-19-14-16-22(17-15-19)27(21-9-3-2-4-10-21,24-12-5-6-13-25(24)28)31-26(30)20-8-7-11-23(29)18-20/h2-18H,29H2,1H3. The number of ether oxygens (including phenoxy) is 1. The molecule has 0 aromatic heterocycles. The molecular formula is C27H22ClNO2. The summed E-state index contributed by atoms with van der Waals surface area (Å²) in [5.41, 5.74) is 8.92. The summed E-state index contributed by atoms with van der Waals surface area (Å²) in [6.45, 7) is 2.02. The van der Waals surface area contributed by atoms with Crippen molar-refractivity contribution in [3.63, 3.8) is 0 Å². The van der Waals surface area contributed by atoms with Gasteiger partial charge in [-0.15, -0.1) is 0 Å². The average molecular weight is 428 g/mol. The lowest BCUT2D eigenvalue weighted by molar-refractivity contribution is 0.0142. The number of anilines is 1. The maximum absolute atomic E-state index is 13.4. The zero-order chi connectivity index (χ0) is 21.8. The lowest BCUT2D eigenvalue weighted by Crippen LogP contribution is -2.35. The van der Waals surface area contributed by atoms with Crippen molar-refractivity contribution >= 4 is 23.3 Å². The van der Waals surface area contributed by atoms with E-state index in [1.165, 1.54) is 0 Å². The molecule has 4 heteroatoms. The Labute approximate surface area is 187 Å². The van der Waals surface area contributed by atoms with E-state index in [-0.39, 0.29) is 0 Å². The van der Waals surface area contributed by atoms with E-state index in [1.54, 1.807) is 30.3 Å². The first-order chi connectivity index (χ1) is 15.0. The van der Waals surface area contributed by atoms with Crippen LogP contribution in [-0.2, 0) is 10.3 Å². The summed E-state index contributed by atoms with van der Waals surface area (Å²) < 4.78 is 6.38. The van der Waals surface area contributed by atoms with Gasteiger partial charge < -0.3 is 10.5 Å². The third-order valence-corrected chi connectivity index (χ3v) is 5.59. The van der Waals surface area contributed by atoms with Crippen LogP contribution in [0, 0.1) is 6.92 Å². The topological polar surface area (TPSA) is 52.3 Å². The lowest BCUT2D eigenvalue weighted by Gasteiger charge is -2.36. The van der Waals surface area contributed by atoms with E-state index in [9.17, 15) is 4.79 Å². The van der Waals surface area contributed by atoms with Gasteiger partial charge in [-0.3, -0.25) is 0 Å². The third kappa shape index (κ3) is 4.05. The largest absolute Gasteiger partial charge is 0.441 e. The van der Waals surface area contributed by atoms with Crippen LogP contribution in [0.4, 0.5) is 5.69 Å². The maximum atomic E-state index is 13.4. The zero-order valence-electron chi connectivity index (χ0n) is 17.1. The molecule has 1 unspecified atom stereocenters. The van der Waals surface area contributed by atoms with E-state index in [1.807, 2.05) is 79.7 Å². The normalized spacial score (nSPS) is 12.7. The van der Waals surface area contributed by atoms with E-state index in [0.717, 1.165) is 16.7 Å². The molecule has 4 rings (SSSR count). The van der Waals surface area contributed by atoms with Gasteiger partial charge in [0.05, 0.1) is 5.56 Å². The van der Waals surface area contributed by atoms with Crippen molar-refractivity contribution in [1.29, 1.82) is 0 Å². The minimum absolute atomic E-state index is 0.375. The highest BCUT2D eigenvalue weighted by molar-refractivity contribution is 6.31. The summed E-state index contributed by atoms with van der Waals surface area (Å²) in [5, 5.41) is 0.507. The van der Waals surface area contributed by atoms with Gasteiger partial charge in [0.1, 0.15) is 0 Å². The summed E-state index contributed by atoms with van der Waals surface area (Å²) >= 11 is 6.68. The molecule has 0 amide bonds. The second-order valence-corrected chi connectivity index (χ2v) is 7.82. The number of benzene rings is 4. The highest BCUT2D eigenvalue weighted by Gasteiger charge is 2.42. The molecular weight excluding hydrogens is 406 g/mol. The summed E-state index contributed by atoms with van der Waals surface area (Å²) in [6, 6.07) is 31.8. The van der Waals surface area contributed by atoms with Crippen molar-refractivity contribution < 1.29 is 9.53 Å². The summed E-state index contributed by atoms with van der Waals surface area (Å²) in [7, 11) is 0. The van der Waals surface area contributed by atoms with Crippen LogP contribution in [0.2, 0.25) is 5.02 Å². The van der Waals surface area contributed by atoms with Crippen LogP contribution >= 0.6 is 11.6 Å². The number of esters is 1. The van der Waals surface area contributed by atoms with Gasteiger partial charge in [0.25, 0.3) is 0 Å². The maximum Gasteiger partial charge on any atom is 0.339 e. The molecule has 0 fully saturated rings. The number of nitrogens with two attached hydrogens (primary N) is 1. The van der Waals surface area contributed by atoms with Crippen LogP contribution in [0.1, 0.15) is 32.6 Å². The number of halogens is 1. The third-order valence-electron chi connectivity index (χ3n) is 5.26. The smallest absolute Gasteiger partial charge is 0.339 e. The number of rotatable bonds is 5. The van der Waals surface area contributed by atoms with E-state index < -0.39 is 11.6 Å². The molecule has 0 aliphatic carbocycles. The molecule has 4 aromatic rings. The van der Waals surface area contributed by atoms with Crippen LogP contribution in [0.5, 0.6) is 0 Å². The number of carbonyl (C=O) groups is 1. The zero-order valence-corrected chi connectivity index (χ0v) is 17.8. The quantitative estimate of drug-likeness (QED) is 0.228. The summed E-state index contributed by atoms with van der Waals surface area (Å²) in [4.78, 5) is 13.4. The monoisotopic (exact) mass is 427 g/mol. The van der Waals surface area contributed by atoms with Crippen LogP contribution in [0.15, 0.2) is 103 Å². The molecule has 0 aliphatic rings. The molecule has 31 heavy (non-hydrogen) atoms. The van der Waals surface area contributed by atoms with Crippen molar-refractivity contribution in [1.82, 2.24) is 0 Å². The minimum Gasteiger partial charge on any atom is -0.441 e. The SMILES string of the molecule is Cc1ccc(C(OC(=O)c2cccc(N)c2)(c2ccccc2)c2ccccc2Cl)cc1. The Bertz CT molecular complexity index is 1210. The highest BCUT2D eigenvalue weighted by atomic mass is 35.5. The molecule has 1 atom stereocenters. The minimum atomic E-state index is -1.24. The van der Waals surface area contributed by atoms with Crippen molar-refractivity contribution in [3.05, 3.63) is 136 Å². The van der Waals surface area contributed by atoms with Gasteiger partial charge >= 0.3 is 5.97 Å². The van der Waals surface area contributed by atoms with Gasteiger partial charge in [0.2, 0.25) is 0 Å². The Morgan fingerprint density at radius 2 is 1.45 bits per heavy atom. The van der Waals surface area contributed by atoms with Crippen molar-refractivity contribution in [3.8, 4) is 0 Å². The van der Waals surface area contributed by atoms with Gasteiger partial charge in [-0.1, -0.05) is 96.0 Å². The first-order valence-corrected chi connectivity index (χ1v) is 10.3. The number of hydrogen-bond donors (Lipinski definition) is 1. The first kappa shape index (κ1) is 20.7. The van der Waals surface area contributed by atoms with E-state index >= 15 is 0 Å². The molecule has 0 saturated carbocycles. The molecule has 0 bridgehead atoms. The molecule has 2 N–H and O–H groups in total. The molecule has 0 spiro atoms. The number of carbonyl (C=O) groups excluding carboxylic acids is 1. The second-order valence-electron chi connectivity index (χ2n) is 7.41. The molecule has 4 aromatic carbocycles. The lowest BCUT2D eigenvalue weighted by atomic mass is 9.79. The Balaban J connectivity index is 1.99. The number of nitrogen functional groups attached to an aromatic ring is 1. The Morgan fingerprint density at radius 1 is 0.806 bits per heavy atom. The molecule has 0 radical (unpaired) electrons. The molecule has 3 nitrogen and oxygen atoms in total. The highest BCUT2D eigenvalue weighted by Crippen LogP contribution is 2.44. The molecule has 0 heterocycles. The van der Waals surface area contributed by atoms with Crippen molar-refractivity contribution in [2.45, 2.75) is 12.5 Å². The predicted octanol–water partition coefficient (Wildman–Crippen LogP) is 6.38. The molecule has 154 valence electrons. The van der Waals surface area contributed by atoms with E-state index in [4.69, 9.17) is 22.1 Å². The van der Waals surface area contributed by atoms with Crippen molar-refractivity contribution in [2.75, 3.05) is 5.73 Å². The second kappa shape index (κ2) is 8.66. The average Bonchev–Trinajstić information content (AvgIpc) is 2.79. The van der Waals surface area contributed by atoms with Gasteiger partial charge in [-0.2, -0.15) is 0 Å². The number of hydrogen-bond acceptors (Lipinski definition) is 3. The van der Waals surface area contributed by atoms with E-state index in [0.29, 0.717) is 21.8 Å². The predicted molar refractivity (Wildman–Crippen MR) is 125 cm³/mol. The van der Waals surface area contributed by atoms with Gasteiger partial charge in [-0.05, 0) is 31.2 Å².